The Labute approximate surface area is 199 Å². The first-order valence-electron chi connectivity index (χ1n) is 12.2. The summed E-state index contributed by atoms with van der Waals surface area (Å²) < 4.78 is 27.0. The van der Waals surface area contributed by atoms with Gasteiger partial charge in [-0.2, -0.15) is 0 Å². The summed E-state index contributed by atoms with van der Waals surface area (Å²) in [6.07, 6.45) is 7.85. The highest BCUT2D eigenvalue weighted by Crippen LogP contribution is 2.39. The number of halogens is 1. The third-order valence-corrected chi connectivity index (χ3v) is 7.42. The summed E-state index contributed by atoms with van der Waals surface area (Å²) in [5.74, 6) is 0.833. The van der Waals surface area contributed by atoms with E-state index in [-0.39, 0.29) is 23.7 Å². The molecule has 1 aromatic heterocycles. The van der Waals surface area contributed by atoms with Gasteiger partial charge in [0, 0.05) is 24.1 Å². The second kappa shape index (κ2) is 9.28. The molecule has 1 aliphatic carbocycles. The first kappa shape index (κ1) is 22.7. The Morgan fingerprint density at radius 3 is 2.62 bits per heavy atom. The molecule has 0 unspecified atom stereocenters. The zero-order chi connectivity index (χ0) is 23.8. The number of hydrogen-bond donors (Lipinski definition) is 0. The molecule has 1 amide bonds. The Morgan fingerprint density at radius 2 is 1.91 bits per heavy atom. The molecule has 2 heterocycles. The Bertz CT molecular complexity index is 1220. The largest absolute Gasteiger partial charge is 0.494 e. The Hall–Kier alpha value is -3.09. The number of anilines is 1. The fourth-order valence-electron chi connectivity index (χ4n) is 5.70. The van der Waals surface area contributed by atoms with E-state index in [4.69, 9.17) is 14.5 Å². The summed E-state index contributed by atoms with van der Waals surface area (Å²) in [6, 6.07) is 9.72. The molecule has 3 aromatic rings. The van der Waals surface area contributed by atoms with E-state index >= 15 is 0 Å². The molecule has 0 N–H and O–H groups in total. The molecular formula is C27H32FN3O3. The van der Waals surface area contributed by atoms with Gasteiger partial charge in [0.05, 0.1) is 30.9 Å². The van der Waals surface area contributed by atoms with Crippen LogP contribution in [0.25, 0.3) is 11.0 Å². The lowest BCUT2D eigenvalue weighted by atomic mass is 9.94. The van der Waals surface area contributed by atoms with Crippen LogP contribution >= 0.6 is 0 Å². The smallest absolute Gasteiger partial charge is 0.414 e. The average Bonchev–Trinajstić information content (AvgIpc) is 3.22. The lowest BCUT2D eigenvalue weighted by molar-refractivity contribution is 0.175. The van der Waals surface area contributed by atoms with Crippen LogP contribution in [-0.4, -0.2) is 35.9 Å². The van der Waals surface area contributed by atoms with Crippen LogP contribution in [0.4, 0.5) is 14.9 Å². The van der Waals surface area contributed by atoms with E-state index in [1.807, 2.05) is 19.1 Å². The number of fused-ring (bicyclic) bond motifs is 3. The fourth-order valence-corrected chi connectivity index (χ4v) is 5.70. The molecule has 1 atom stereocenters. The number of rotatable bonds is 4. The topological polar surface area (TPSA) is 56.6 Å². The van der Waals surface area contributed by atoms with E-state index < -0.39 is 0 Å². The van der Waals surface area contributed by atoms with Crippen molar-refractivity contribution in [3.05, 3.63) is 53.1 Å². The first-order valence-corrected chi connectivity index (χ1v) is 12.2. The van der Waals surface area contributed by atoms with E-state index in [2.05, 4.69) is 10.6 Å². The predicted octanol–water partition coefficient (Wildman–Crippen LogP) is 6.19. The summed E-state index contributed by atoms with van der Waals surface area (Å²) >= 11 is 0. The summed E-state index contributed by atoms with van der Waals surface area (Å²) in [5, 5.41) is 0. The second-order valence-corrected chi connectivity index (χ2v) is 9.49. The van der Waals surface area contributed by atoms with Gasteiger partial charge in [0.25, 0.3) is 0 Å². The zero-order valence-corrected chi connectivity index (χ0v) is 20.1. The van der Waals surface area contributed by atoms with E-state index in [1.165, 1.54) is 33.5 Å². The van der Waals surface area contributed by atoms with Gasteiger partial charge in [0.1, 0.15) is 5.82 Å². The van der Waals surface area contributed by atoms with E-state index in [0.29, 0.717) is 12.5 Å². The van der Waals surface area contributed by atoms with Crippen LogP contribution in [0.15, 0.2) is 30.3 Å². The molecule has 1 fully saturated rings. The molecule has 180 valence electrons. The average molecular weight is 466 g/mol. The number of hydrogen-bond acceptors (Lipinski definition) is 4. The Morgan fingerprint density at radius 1 is 1.12 bits per heavy atom. The van der Waals surface area contributed by atoms with Crippen LogP contribution in [0.1, 0.15) is 68.4 Å². The molecule has 2 aliphatic rings. The van der Waals surface area contributed by atoms with Crippen molar-refractivity contribution in [3.8, 4) is 5.75 Å². The zero-order valence-electron chi connectivity index (χ0n) is 20.1. The van der Waals surface area contributed by atoms with Crippen molar-refractivity contribution in [3.63, 3.8) is 0 Å². The van der Waals surface area contributed by atoms with Crippen LogP contribution < -0.4 is 9.64 Å². The van der Waals surface area contributed by atoms with Crippen LogP contribution in [0, 0.1) is 5.82 Å². The number of methoxy groups -OCH3 is 2. The summed E-state index contributed by atoms with van der Waals surface area (Å²) in [7, 11) is 2.90. The third kappa shape index (κ3) is 3.91. The molecule has 1 saturated carbocycles. The van der Waals surface area contributed by atoms with Gasteiger partial charge in [-0.25, -0.2) is 14.2 Å². The lowest BCUT2D eigenvalue weighted by Crippen LogP contribution is -2.42. The fraction of sp³-hybridized carbons (Fsp3) is 0.481. The molecule has 7 heteroatoms. The van der Waals surface area contributed by atoms with E-state index in [1.54, 1.807) is 17.0 Å². The molecule has 34 heavy (non-hydrogen) atoms. The summed E-state index contributed by atoms with van der Waals surface area (Å²) in [5.41, 5.74) is 4.90. The number of nitrogens with zero attached hydrogens (tertiary/aromatic N) is 3. The summed E-state index contributed by atoms with van der Waals surface area (Å²) in [6.45, 7) is 2.05. The minimum Gasteiger partial charge on any atom is -0.494 e. The predicted molar refractivity (Wildman–Crippen MR) is 130 cm³/mol. The molecule has 0 saturated heterocycles. The number of benzene rings is 2. The summed E-state index contributed by atoms with van der Waals surface area (Å²) in [4.78, 5) is 19.4. The first-order chi connectivity index (χ1) is 16.5. The van der Waals surface area contributed by atoms with Crippen LogP contribution in [0.5, 0.6) is 5.75 Å². The van der Waals surface area contributed by atoms with Crippen molar-refractivity contribution in [2.45, 2.75) is 70.4 Å². The Kier molecular flexibility index (Phi) is 6.19. The van der Waals surface area contributed by atoms with E-state index in [9.17, 15) is 9.18 Å². The molecule has 1 aliphatic heterocycles. The minimum atomic E-state index is -0.361. The highest BCUT2D eigenvalue weighted by atomic mass is 19.1. The third-order valence-electron chi connectivity index (χ3n) is 7.42. The highest BCUT2D eigenvalue weighted by molar-refractivity contribution is 5.95. The molecule has 0 bridgehead atoms. The van der Waals surface area contributed by atoms with Gasteiger partial charge in [0.2, 0.25) is 0 Å². The van der Waals surface area contributed by atoms with Gasteiger partial charge in [-0.1, -0.05) is 25.3 Å². The standard InChI is InChI=1S/C27H32FN3O3/c1-17-9-11-20-22(30(17)27(32)34-3)12-13-23-26(20)29-25(31(23)19-7-5-4-6-8-19)16-18-10-14-24(33-2)21(28)15-18/h10,12-15,17,19H,4-9,11,16H2,1-3H3/t17-/m0/s1. The number of aryl methyl sites for hydroxylation is 1. The van der Waals surface area contributed by atoms with Crippen LogP contribution in [-0.2, 0) is 17.6 Å². The van der Waals surface area contributed by atoms with Crippen molar-refractivity contribution < 1.29 is 18.7 Å². The van der Waals surface area contributed by atoms with Crippen molar-refractivity contribution in [2.24, 2.45) is 0 Å². The molecular weight excluding hydrogens is 433 g/mol. The van der Waals surface area contributed by atoms with Crippen molar-refractivity contribution >= 4 is 22.8 Å². The van der Waals surface area contributed by atoms with Crippen molar-refractivity contribution in [1.29, 1.82) is 0 Å². The number of ether oxygens (including phenoxy) is 2. The SMILES string of the molecule is COC(=O)N1c2ccc3c(nc(Cc4ccc(OC)c(F)c4)n3C3CCCCC3)c2CC[C@@H]1C. The van der Waals surface area contributed by atoms with Gasteiger partial charge in [-0.3, -0.25) is 4.90 Å². The highest BCUT2D eigenvalue weighted by Gasteiger charge is 2.32. The number of carbonyl (C=O) groups is 1. The molecule has 6 nitrogen and oxygen atoms in total. The number of imidazole rings is 1. The molecule has 0 radical (unpaired) electrons. The minimum absolute atomic E-state index is 0.0691. The maximum atomic E-state index is 14.4. The van der Waals surface area contributed by atoms with Crippen molar-refractivity contribution in [2.75, 3.05) is 19.1 Å². The Balaban J connectivity index is 1.64. The number of carbonyl (C=O) groups excluding carboxylic acids is 1. The molecule has 0 spiro atoms. The van der Waals surface area contributed by atoms with Crippen LogP contribution in [0.2, 0.25) is 0 Å². The molecule has 5 rings (SSSR count). The van der Waals surface area contributed by atoms with Gasteiger partial charge in [0.15, 0.2) is 11.6 Å². The van der Waals surface area contributed by atoms with Gasteiger partial charge in [-0.15, -0.1) is 0 Å². The maximum Gasteiger partial charge on any atom is 0.414 e. The van der Waals surface area contributed by atoms with Gasteiger partial charge >= 0.3 is 6.09 Å². The van der Waals surface area contributed by atoms with Gasteiger partial charge < -0.3 is 14.0 Å². The number of amides is 1. The van der Waals surface area contributed by atoms with Crippen molar-refractivity contribution in [1.82, 2.24) is 9.55 Å². The quantitative estimate of drug-likeness (QED) is 0.461. The maximum absolute atomic E-state index is 14.4. The normalized spacial score (nSPS) is 18.7. The number of aromatic nitrogens is 2. The van der Waals surface area contributed by atoms with E-state index in [0.717, 1.165) is 59.4 Å². The van der Waals surface area contributed by atoms with Crippen LogP contribution in [0.3, 0.4) is 0 Å². The second-order valence-electron chi connectivity index (χ2n) is 9.49. The van der Waals surface area contributed by atoms with Gasteiger partial charge in [-0.05, 0) is 62.4 Å². The lowest BCUT2D eigenvalue weighted by Gasteiger charge is -2.34. The monoisotopic (exact) mass is 465 g/mol. The molecule has 2 aromatic carbocycles.